The molecule has 0 nitrogen and oxygen atoms in total. The molecule has 8 heteroatoms. The summed E-state index contributed by atoms with van der Waals surface area (Å²) >= 11 is 0. The predicted molar refractivity (Wildman–Crippen MR) is 70.0 cm³/mol. The first-order chi connectivity index (χ1) is 10.5. The van der Waals surface area contributed by atoms with Gasteiger partial charge in [-0.3, -0.25) is 0 Å². The number of allylic oxidation sites excluding steroid dienone is 8. The molecule has 130 valence electrons. The average molecular weight is 346 g/mol. The van der Waals surface area contributed by atoms with Gasteiger partial charge >= 0.3 is 18.3 Å². The monoisotopic (exact) mass is 346 g/mol. The second-order valence-corrected chi connectivity index (χ2v) is 4.84. The minimum absolute atomic E-state index is 0.262. The highest BCUT2D eigenvalue weighted by atomic mass is 19.4. The van der Waals surface area contributed by atoms with Crippen LogP contribution < -0.4 is 0 Å². The first-order valence-electron chi connectivity index (χ1n) is 6.71. The predicted octanol–water partition coefficient (Wildman–Crippen LogP) is 6.29. The molecule has 0 aromatic carbocycles. The highest BCUT2D eigenvalue weighted by Gasteiger charge is 2.61. The fourth-order valence-electron chi connectivity index (χ4n) is 1.97. The molecule has 0 atom stereocenters. The molecule has 0 radical (unpaired) electrons. The average Bonchev–Trinajstić information content (AvgIpc) is 2.48. The zero-order valence-electron chi connectivity index (χ0n) is 11.8. The summed E-state index contributed by atoms with van der Waals surface area (Å²) < 4.78 is 98.7. The summed E-state index contributed by atoms with van der Waals surface area (Å²) in [6.45, 7) is 0. The van der Waals surface area contributed by atoms with Crippen molar-refractivity contribution in [3.8, 4) is 0 Å². The maximum atomic E-state index is 12.9. The van der Waals surface area contributed by atoms with E-state index < -0.39 is 35.8 Å². The van der Waals surface area contributed by atoms with Crippen molar-refractivity contribution in [1.82, 2.24) is 0 Å². The molecule has 0 aliphatic heterocycles. The maximum Gasteiger partial charge on any atom is 0.457 e. The Hall–Kier alpha value is -1.60. The molecule has 0 saturated heterocycles. The molecule has 0 spiro atoms. The van der Waals surface area contributed by atoms with Gasteiger partial charge in [-0.15, -0.1) is 0 Å². The minimum Gasteiger partial charge on any atom is -0.191 e. The molecule has 0 aromatic heterocycles. The van der Waals surface area contributed by atoms with Crippen molar-refractivity contribution in [1.29, 1.82) is 0 Å². The van der Waals surface area contributed by atoms with Crippen LogP contribution in [0.4, 0.5) is 35.1 Å². The van der Waals surface area contributed by atoms with Crippen LogP contribution in [-0.2, 0) is 0 Å². The highest BCUT2D eigenvalue weighted by molar-refractivity contribution is 5.37. The van der Waals surface area contributed by atoms with Crippen LogP contribution in [0.25, 0.3) is 0 Å². The summed E-state index contributed by atoms with van der Waals surface area (Å²) in [5.41, 5.74) is -3.83. The van der Waals surface area contributed by atoms with Gasteiger partial charge in [-0.05, 0) is 25.7 Å². The lowest BCUT2D eigenvalue weighted by Crippen LogP contribution is -2.40. The summed E-state index contributed by atoms with van der Waals surface area (Å²) in [5.74, 6) is -5.46. The Bertz CT molecular complexity index is 503. The van der Waals surface area contributed by atoms with Crippen molar-refractivity contribution in [2.45, 2.75) is 44.0 Å². The zero-order valence-corrected chi connectivity index (χ0v) is 11.8. The maximum absolute atomic E-state index is 12.9. The lowest BCUT2D eigenvalue weighted by molar-refractivity contribution is -0.266. The van der Waals surface area contributed by atoms with E-state index in [9.17, 15) is 35.1 Å². The molecule has 0 aromatic rings. The molecule has 2 aliphatic carbocycles. The Morgan fingerprint density at radius 1 is 0.696 bits per heavy atom. The first-order valence-corrected chi connectivity index (χ1v) is 6.71. The summed E-state index contributed by atoms with van der Waals surface area (Å²) in [7, 11) is 0. The van der Waals surface area contributed by atoms with E-state index in [4.69, 9.17) is 0 Å². The molecule has 0 saturated carbocycles. The van der Waals surface area contributed by atoms with Crippen LogP contribution in [0.15, 0.2) is 47.6 Å². The van der Waals surface area contributed by atoms with Crippen molar-refractivity contribution in [3.63, 3.8) is 0 Å². The van der Waals surface area contributed by atoms with Crippen molar-refractivity contribution in [2.75, 3.05) is 0 Å². The Morgan fingerprint density at radius 3 is 1.57 bits per heavy atom. The van der Waals surface area contributed by atoms with Crippen molar-refractivity contribution in [3.05, 3.63) is 47.6 Å². The molecule has 0 unspecified atom stereocenters. The summed E-state index contributed by atoms with van der Waals surface area (Å²) in [4.78, 5) is 0. The summed E-state index contributed by atoms with van der Waals surface area (Å²) in [5, 5.41) is 0. The lowest BCUT2D eigenvalue weighted by atomic mass is 9.92. The smallest absolute Gasteiger partial charge is 0.191 e. The number of halogens is 8. The Balaban J connectivity index is 0.000000366. The first kappa shape index (κ1) is 19.4. The summed E-state index contributed by atoms with van der Waals surface area (Å²) in [6.07, 6.45) is -0.305. The molecular formula is C15H14F8. The molecular weight excluding hydrogens is 332 g/mol. The van der Waals surface area contributed by atoms with Crippen LogP contribution in [0.5, 0.6) is 0 Å². The Kier molecular flexibility index (Phi) is 6.18. The second-order valence-electron chi connectivity index (χ2n) is 4.84. The van der Waals surface area contributed by atoms with Gasteiger partial charge in [0.05, 0.1) is 5.57 Å². The van der Waals surface area contributed by atoms with Crippen LogP contribution in [0.3, 0.4) is 0 Å². The number of rotatable bonds is 1. The molecule has 0 heterocycles. The second kappa shape index (κ2) is 7.31. The van der Waals surface area contributed by atoms with Gasteiger partial charge in [0, 0.05) is 5.57 Å². The topological polar surface area (TPSA) is 0 Å². The van der Waals surface area contributed by atoms with Gasteiger partial charge in [-0.2, -0.15) is 35.1 Å². The van der Waals surface area contributed by atoms with Crippen LogP contribution in [-0.4, -0.2) is 18.3 Å². The minimum atomic E-state index is -6.02. The van der Waals surface area contributed by atoms with E-state index in [1.54, 1.807) is 0 Å². The van der Waals surface area contributed by atoms with Gasteiger partial charge < -0.3 is 0 Å². The van der Waals surface area contributed by atoms with Crippen LogP contribution in [0, 0.1) is 0 Å². The van der Waals surface area contributed by atoms with Crippen LogP contribution >= 0.6 is 0 Å². The standard InChI is InChI=1S/C9H6F8.C6H8/c10-7(11,9(15,16)17)5-3-1-2-4-6(5)8(12,13)14;1-2-4-6-5-3-1/h2,4H,1,3H2;1-4H,5-6H2. The third kappa shape index (κ3) is 5.21. The number of hydrogen-bond acceptors (Lipinski definition) is 0. The SMILES string of the molecule is C1=CCCC=C1.FC(F)(F)C1=C(C(F)(F)C(F)(F)F)CCC=C1. The zero-order chi connectivity index (χ0) is 17.7. The fourth-order valence-corrected chi connectivity index (χ4v) is 1.97. The number of hydrogen-bond donors (Lipinski definition) is 0. The van der Waals surface area contributed by atoms with E-state index in [-0.39, 0.29) is 12.5 Å². The van der Waals surface area contributed by atoms with Crippen molar-refractivity contribution >= 4 is 0 Å². The van der Waals surface area contributed by atoms with E-state index >= 15 is 0 Å². The lowest BCUT2D eigenvalue weighted by Gasteiger charge is -2.27. The van der Waals surface area contributed by atoms with Gasteiger partial charge in [0.1, 0.15) is 0 Å². The molecule has 0 fully saturated rings. The van der Waals surface area contributed by atoms with E-state index in [1.165, 1.54) is 12.8 Å². The van der Waals surface area contributed by atoms with Gasteiger partial charge in [-0.25, -0.2) is 0 Å². The van der Waals surface area contributed by atoms with Crippen LogP contribution in [0.1, 0.15) is 25.7 Å². The van der Waals surface area contributed by atoms with E-state index in [2.05, 4.69) is 24.3 Å². The van der Waals surface area contributed by atoms with Crippen molar-refractivity contribution < 1.29 is 35.1 Å². The van der Waals surface area contributed by atoms with Gasteiger partial charge in [0.2, 0.25) is 0 Å². The molecule has 0 N–H and O–H groups in total. The molecule has 23 heavy (non-hydrogen) atoms. The van der Waals surface area contributed by atoms with Gasteiger partial charge in [0.15, 0.2) is 0 Å². The number of alkyl halides is 8. The van der Waals surface area contributed by atoms with E-state index in [1.807, 2.05) is 0 Å². The highest BCUT2D eigenvalue weighted by Crippen LogP contribution is 2.47. The largest absolute Gasteiger partial charge is 0.457 e. The third-order valence-electron chi connectivity index (χ3n) is 3.09. The molecule has 0 amide bonds. The molecule has 2 rings (SSSR count). The third-order valence-corrected chi connectivity index (χ3v) is 3.09. The molecule has 0 bridgehead atoms. The van der Waals surface area contributed by atoms with E-state index in [0.717, 1.165) is 6.08 Å². The van der Waals surface area contributed by atoms with Crippen LogP contribution in [0.2, 0.25) is 0 Å². The van der Waals surface area contributed by atoms with Gasteiger partial charge in [0.25, 0.3) is 0 Å². The van der Waals surface area contributed by atoms with Crippen molar-refractivity contribution in [2.24, 2.45) is 0 Å². The van der Waals surface area contributed by atoms with Gasteiger partial charge in [-0.1, -0.05) is 36.5 Å². The quantitative estimate of drug-likeness (QED) is 0.490. The molecule has 2 aliphatic rings. The van der Waals surface area contributed by atoms with E-state index in [0.29, 0.717) is 0 Å². The Morgan fingerprint density at radius 2 is 1.22 bits per heavy atom. The fraction of sp³-hybridized carbons (Fsp3) is 0.467. The summed E-state index contributed by atoms with van der Waals surface area (Å²) in [6, 6.07) is 0. The Labute approximate surface area is 127 Å². The normalized spacial score (nSPS) is 18.8.